The Kier molecular flexibility index (Phi) is 7.46. The zero-order valence-corrected chi connectivity index (χ0v) is 24.2. The van der Waals surface area contributed by atoms with Gasteiger partial charge in [0.15, 0.2) is 5.82 Å². The fourth-order valence-electron chi connectivity index (χ4n) is 5.72. The number of amides is 2. The Hall–Kier alpha value is -4.66. The number of carbonyl (C=O) groups is 2. The smallest absolute Gasteiger partial charge is 0.379 e. The van der Waals surface area contributed by atoms with Gasteiger partial charge in [-0.3, -0.25) is 14.0 Å². The Morgan fingerprint density at radius 1 is 1.07 bits per heavy atom. The lowest BCUT2D eigenvalue weighted by atomic mass is 9.85. The quantitative estimate of drug-likeness (QED) is 0.286. The van der Waals surface area contributed by atoms with Crippen molar-refractivity contribution in [1.29, 1.82) is 0 Å². The number of carbonyl (C=O) groups excluding carboxylic acids is 2. The van der Waals surface area contributed by atoms with Gasteiger partial charge in [0.05, 0.1) is 30.7 Å². The predicted molar refractivity (Wildman–Crippen MR) is 153 cm³/mol. The molecule has 2 N–H and O–H groups in total. The highest BCUT2D eigenvalue weighted by molar-refractivity contribution is 6.04. The molecule has 3 aromatic heterocycles. The number of anilines is 2. The van der Waals surface area contributed by atoms with Gasteiger partial charge >= 0.3 is 6.18 Å². The molecule has 0 saturated carbocycles. The maximum absolute atomic E-state index is 15.1. The van der Waals surface area contributed by atoms with E-state index in [2.05, 4.69) is 20.6 Å². The first-order chi connectivity index (χ1) is 21.3. The monoisotopic (exact) mass is 629 g/mol. The number of piperidine rings is 1. The van der Waals surface area contributed by atoms with Crippen LogP contribution in [0.1, 0.15) is 41.0 Å². The second-order valence-electron chi connectivity index (χ2n) is 11.5. The van der Waals surface area contributed by atoms with Crippen molar-refractivity contribution in [2.45, 2.75) is 31.4 Å². The number of halogens is 5. The molecule has 10 nitrogen and oxygen atoms in total. The molecule has 1 atom stereocenters. The van der Waals surface area contributed by atoms with Gasteiger partial charge in [-0.15, -0.1) is 0 Å². The minimum absolute atomic E-state index is 0.0441. The number of rotatable bonds is 6. The number of aromatic nitrogens is 4. The first-order valence-corrected chi connectivity index (χ1v) is 14.0. The number of likely N-dealkylation sites (tertiary alicyclic amines) is 1. The van der Waals surface area contributed by atoms with Crippen LogP contribution in [0.5, 0.6) is 0 Å². The zero-order valence-electron chi connectivity index (χ0n) is 24.2. The largest absolute Gasteiger partial charge is 0.416 e. The molecule has 0 radical (unpaired) electrons. The summed E-state index contributed by atoms with van der Waals surface area (Å²) in [5, 5.41) is 5.36. The van der Waals surface area contributed by atoms with Crippen molar-refractivity contribution >= 4 is 29.0 Å². The summed E-state index contributed by atoms with van der Waals surface area (Å²) in [5.41, 5.74) is -0.206. The summed E-state index contributed by atoms with van der Waals surface area (Å²) in [4.78, 5) is 40.1. The minimum atomic E-state index is -4.59. The SMILES string of the molecule is CNc1nccn2c(C3CN(C(=O)C4(C)COC4)CC(F)(F)C3)nc(-c3ccc(C(=O)Nc4cc(C(F)(F)F)ccn4)cc3)c12. The van der Waals surface area contributed by atoms with Crippen molar-refractivity contribution in [1.82, 2.24) is 24.3 Å². The number of hydrogen-bond acceptors (Lipinski definition) is 7. The molecule has 45 heavy (non-hydrogen) atoms. The van der Waals surface area contributed by atoms with Crippen molar-refractivity contribution in [3.8, 4) is 11.3 Å². The Morgan fingerprint density at radius 2 is 1.80 bits per heavy atom. The number of nitrogens with one attached hydrogen (secondary N) is 2. The number of pyridine rings is 1. The minimum Gasteiger partial charge on any atom is -0.379 e. The number of nitrogens with zero attached hydrogens (tertiary/aromatic N) is 5. The van der Waals surface area contributed by atoms with Crippen LogP contribution in [0, 0.1) is 5.41 Å². The van der Waals surface area contributed by atoms with Gasteiger partial charge in [0.1, 0.15) is 22.9 Å². The molecule has 2 amide bonds. The maximum atomic E-state index is 15.1. The van der Waals surface area contributed by atoms with Crippen LogP contribution < -0.4 is 10.6 Å². The molecule has 0 aliphatic carbocycles. The summed E-state index contributed by atoms with van der Waals surface area (Å²) >= 11 is 0. The number of benzene rings is 1. The molecule has 1 aromatic carbocycles. The highest BCUT2D eigenvalue weighted by atomic mass is 19.4. The Balaban J connectivity index is 1.31. The van der Waals surface area contributed by atoms with Crippen molar-refractivity contribution in [3.63, 3.8) is 0 Å². The van der Waals surface area contributed by atoms with Gasteiger partial charge in [0.25, 0.3) is 11.8 Å². The van der Waals surface area contributed by atoms with E-state index in [0.29, 0.717) is 28.4 Å². The van der Waals surface area contributed by atoms with E-state index in [1.165, 1.54) is 23.2 Å². The number of imidazole rings is 1. The highest BCUT2D eigenvalue weighted by Crippen LogP contribution is 2.41. The predicted octanol–water partition coefficient (Wildman–Crippen LogP) is 5.09. The molecular formula is C30H28F5N7O3. The lowest BCUT2D eigenvalue weighted by molar-refractivity contribution is -0.177. The molecule has 2 fully saturated rings. The van der Waals surface area contributed by atoms with Gasteiger partial charge in [-0.1, -0.05) is 12.1 Å². The Morgan fingerprint density at radius 3 is 2.44 bits per heavy atom. The number of hydrogen-bond donors (Lipinski definition) is 2. The molecule has 236 valence electrons. The molecule has 1 unspecified atom stereocenters. The summed E-state index contributed by atoms with van der Waals surface area (Å²) in [6.07, 6.45) is -1.02. The summed E-state index contributed by atoms with van der Waals surface area (Å²) < 4.78 is 76.3. The lowest BCUT2D eigenvalue weighted by Crippen LogP contribution is -2.58. The molecule has 0 spiro atoms. The molecule has 5 heterocycles. The molecule has 2 aliphatic heterocycles. The second kappa shape index (κ2) is 11.1. The topological polar surface area (TPSA) is 114 Å². The first-order valence-electron chi connectivity index (χ1n) is 14.0. The summed E-state index contributed by atoms with van der Waals surface area (Å²) in [7, 11) is 1.66. The molecule has 0 bridgehead atoms. The van der Waals surface area contributed by atoms with Crippen molar-refractivity contribution in [2.75, 3.05) is 44.0 Å². The third kappa shape index (κ3) is 5.79. The standard InChI is InChI=1S/C30H28F5N7O3/c1-28(15-45-16-28)27(44)41-13-19(12-29(31,32)14-41)25-40-22(23-24(36-2)38-9-10-42(23)25)17-3-5-18(6-4-17)26(43)39-21-11-20(7-8-37-21)30(33,34)35/h3-11,19H,12-16H2,1-2H3,(H,36,38)(H,37,39,43). The zero-order chi connectivity index (χ0) is 32.1. The Bertz CT molecular complexity index is 1770. The third-order valence-electron chi connectivity index (χ3n) is 7.99. The third-order valence-corrected chi connectivity index (χ3v) is 7.99. The van der Waals surface area contributed by atoms with E-state index in [0.717, 1.165) is 18.3 Å². The summed E-state index contributed by atoms with van der Waals surface area (Å²) in [6, 6.07) is 7.66. The van der Waals surface area contributed by atoms with Gasteiger partial charge in [0.2, 0.25) is 5.91 Å². The second-order valence-corrected chi connectivity index (χ2v) is 11.5. The van der Waals surface area contributed by atoms with E-state index in [9.17, 15) is 22.8 Å². The summed E-state index contributed by atoms with van der Waals surface area (Å²) in [6.45, 7) is 1.42. The first kappa shape index (κ1) is 30.4. The van der Waals surface area contributed by atoms with Crippen LogP contribution in [-0.4, -0.2) is 75.3 Å². The van der Waals surface area contributed by atoms with Crippen LogP contribution in [0.25, 0.3) is 16.8 Å². The average Bonchev–Trinajstić information content (AvgIpc) is 3.38. The molecule has 6 rings (SSSR count). The van der Waals surface area contributed by atoms with Crippen LogP contribution in [0.3, 0.4) is 0 Å². The number of fused-ring (bicyclic) bond motifs is 1. The fraction of sp³-hybridized carbons (Fsp3) is 0.367. The molecule has 15 heteroatoms. The highest BCUT2D eigenvalue weighted by Gasteiger charge is 2.50. The summed E-state index contributed by atoms with van der Waals surface area (Å²) in [5.74, 6) is -4.52. The van der Waals surface area contributed by atoms with E-state index < -0.39 is 47.9 Å². The number of ether oxygens (including phenoxy) is 1. The molecule has 4 aromatic rings. The van der Waals surface area contributed by atoms with E-state index in [4.69, 9.17) is 9.72 Å². The van der Waals surface area contributed by atoms with Crippen LogP contribution in [-0.2, 0) is 15.7 Å². The Labute approximate surface area is 253 Å². The van der Waals surface area contributed by atoms with E-state index in [1.54, 1.807) is 36.7 Å². The molecule has 2 saturated heterocycles. The van der Waals surface area contributed by atoms with Crippen molar-refractivity contribution < 1.29 is 36.3 Å². The van der Waals surface area contributed by atoms with Crippen LogP contribution in [0.15, 0.2) is 55.0 Å². The van der Waals surface area contributed by atoms with Gasteiger partial charge in [-0.05, 0) is 31.2 Å². The number of alkyl halides is 5. The normalized spacial score (nSPS) is 19.2. The average molecular weight is 630 g/mol. The van der Waals surface area contributed by atoms with Crippen LogP contribution >= 0.6 is 0 Å². The van der Waals surface area contributed by atoms with Gasteiger partial charge in [-0.2, -0.15) is 13.2 Å². The van der Waals surface area contributed by atoms with Gasteiger partial charge < -0.3 is 20.3 Å². The van der Waals surface area contributed by atoms with E-state index in [1.807, 2.05) is 0 Å². The van der Waals surface area contributed by atoms with E-state index in [-0.39, 0.29) is 37.0 Å². The van der Waals surface area contributed by atoms with Gasteiger partial charge in [0, 0.05) is 55.6 Å². The fourth-order valence-corrected chi connectivity index (χ4v) is 5.72. The molecular weight excluding hydrogens is 601 g/mol. The van der Waals surface area contributed by atoms with E-state index >= 15 is 8.78 Å². The van der Waals surface area contributed by atoms with Crippen LogP contribution in [0.2, 0.25) is 0 Å². The van der Waals surface area contributed by atoms with Crippen LogP contribution in [0.4, 0.5) is 33.6 Å². The van der Waals surface area contributed by atoms with Crippen molar-refractivity contribution in [3.05, 3.63) is 71.9 Å². The molecule has 2 aliphatic rings. The van der Waals surface area contributed by atoms with Crippen molar-refractivity contribution in [2.24, 2.45) is 5.41 Å². The lowest BCUT2D eigenvalue weighted by Gasteiger charge is -2.44. The maximum Gasteiger partial charge on any atom is 0.416 e. The van der Waals surface area contributed by atoms with Gasteiger partial charge in [-0.25, -0.2) is 23.7 Å².